The van der Waals surface area contributed by atoms with Crippen LogP contribution in [0.3, 0.4) is 0 Å². The van der Waals surface area contributed by atoms with Crippen molar-refractivity contribution in [2.45, 2.75) is 37.5 Å². The number of hydrogen-bond acceptors (Lipinski definition) is 3. The van der Waals surface area contributed by atoms with Gasteiger partial charge in [-0.25, -0.2) is 13.6 Å². The molecule has 0 spiro atoms. The number of rotatable bonds is 4. The summed E-state index contributed by atoms with van der Waals surface area (Å²) in [6.45, 7) is -0.0901. The van der Waals surface area contributed by atoms with E-state index in [1.807, 2.05) is 0 Å². The van der Waals surface area contributed by atoms with Crippen molar-refractivity contribution in [1.29, 1.82) is 0 Å². The normalized spacial score (nSPS) is 23.5. The number of carbonyl (C=O) groups excluding carboxylic acids is 2. The van der Waals surface area contributed by atoms with Crippen LogP contribution in [0, 0.1) is 5.82 Å². The van der Waals surface area contributed by atoms with Gasteiger partial charge in [0.2, 0.25) is 0 Å². The van der Waals surface area contributed by atoms with Crippen LogP contribution in [0.15, 0.2) is 24.3 Å². The average Bonchev–Trinajstić information content (AvgIpc) is 3.25. The predicted molar refractivity (Wildman–Crippen MR) is 79.7 cm³/mol. The van der Waals surface area contributed by atoms with Crippen molar-refractivity contribution in [3.63, 3.8) is 0 Å². The number of likely N-dealkylation sites (tertiary alicyclic amines) is 1. The van der Waals surface area contributed by atoms with E-state index in [0.717, 1.165) is 12.8 Å². The van der Waals surface area contributed by atoms with Crippen molar-refractivity contribution < 1.29 is 18.4 Å². The van der Waals surface area contributed by atoms with E-state index in [4.69, 9.17) is 0 Å². The van der Waals surface area contributed by atoms with E-state index in [9.17, 15) is 18.4 Å². The number of carbonyl (C=O) groups is 2. The highest BCUT2D eigenvalue weighted by Crippen LogP contribution is 2.23. The van der Waals surface area contributed by atoms with Gasteiger partial charge in [-0.3, -0.25) is 15.6 Å². The highest BCUT2D eigenvalue weighted by atomic mass is 19.1. The molecule has 0 aromatic heterocycles. The zero-order chi connectivity index (χ0) is 16.4. The molecule has 1 aliphatic heterocycles. The van der Waals surface area contributed by atoms with Crippen molar-refractivity contribution in [3.8, 4) is 0 Å². The highest BCUT2D eigenvalue weighted by Gasteiger charge is 2.41. The van der Waals surface area contributed by atoms with Gasteiger partial charge in [0.25, 0.3) is 5.91 Å². The van der Waals surface area contributed by atoms with Crippen LogP contribution in [-0.2, 0) is 4.79 Å². The molecule has 0 radical (unpaired) electrons. The van der Waals surface area contributed by atoms with Gasteiger partial charge >= 0.3 is 6.03 Å². The van der Waals surface area contributed by atoms with Crippen molar-refractivity contribution in [2.24, 2.45) is 0 Å². The quantitative estimate of drug-likeness (QED) is 0.736. The van der Waals surface area contributed by atoms with Crippen LogP contribution in [0.2, 0.25) is 0 Å². The van der Waals surface area contributed by atoms with Gasteiger partial charge in [0.15, 0.2) is 0 Å². The van der Waals surface area contributed by atoms with E-state index < -0.39 is 24.2 Å². The number of nitrogens with one attached hydrogen (secondary N) is 3. The second kappa shape index (κ2) is 6.39. The fourth-order valence-corrected chi connectivity index (χ4v) is 2.49. The summed E-state index contributed by atoms with van der Waals surface area (Å²) in [6.07, 6.45) is 0.583. The van der Waals surface area contributed by atoms with Crippen molar-refractivity contribution in [3.05, 3.63) is 30.1 Å². The number of hydrazine groups is 1. The summed E-state index contributed by atoms with van der Waals surface area (Å²) < 4.78 is 26.5. The minimum atomic E-state index is -1.22. The Morgan fingerprint density at radius 1 is 1.17 bits per heavy atom. The van der Waals surface area contributed by atoms with E-state index >= 15 is 0 Å². The molecule has 2 unspecified atom stereocenters. The fraction of sp³-hybridized carbons (Fsp3) is 0.467. The Labute approximate surface area is 132 Å². The molecular weight excluding hydrogens is 306 g/mol. The second-order valence-electron chi connectivity index (χ2n) is 5.85. The third-order valence-corrected chi connectivity index (χ3v) is 3.89. The van der Waals surface area contributed by atoms with Crippen molar-refractivity contribution in [1.82, 2.24) is 15.6 Å². The molecule has 8 heteroatoms. The van der Waals surface area contributed by atoms with Crippen molar-refractivity contribution >= 4 is 17.6 Å². The molecule has 23 heavy (non-hydrogen) atoms. The lowest BCUT2D eigenvalue weighted by molar-refractivity contribution is -0.124. The molecule has 2 aliphatic rings. The summed E-state index contributed by atoms with van der Waals surface area (Å²) in [5.74, 6) is -0.888. The number of alkyl halides is 1. The molecule has 0 bridgehead atoms. The molecule has 1 heterocycles. The number of halogens is 2. The lowest BCUT2D eigenvalue weighted by atomic mass is 10.2. The average molecular weight is 324 g/mol. The minimum Gasteiger partial charge on any atom is -0.335 e. The Balaban J connectivity index is 1.57. The van der Waals surface area contributed by atoms with Gasteiger partial charge in [-0.15, -0.1) is 0 Å². The summed E-state index contributed by atoms with van der Waals surface area (Å²) >= 11 is 0. The van der Waals surface area contributed by atoms with Gasteiger partial charge in [0.1, 0.15) is 18.0 Å². The fourth-order valence-electron chi connectivity index (χ4n) is 2.49. The standard InChI is InChI=1S/C15H18F2N4O2/c16-9-1-3-12(4-2-9)19-20-14(22)13-7-10(17)8-21(13)15(23)18-11-5-6-11/h1-4,10-11,13,19H,5-8H2,(H,18,23)(H,20,22). The van der Waals surface area contributed by atoms with Gasteiger partial charge in [0, 0.05) is 12.5 Å². The van der Waals surface area contributed by atoms with Crippen molar-refractivity contribution in [2.75, 3.05) is 12.0 Å². The number of nitrogens with zero attached hydrogens (tertiary/aromatic N) is 1. The van der Waals surface area contributed by atoms with Crippen LogP contribution in [-0.4, -0.2) is 41.6 Å². The van der Waals surface area contributed by atoms with Crippen LogP contribution in [0.25, 0.3) is 0 Å². The Kier molecular flexibility index (Phi) is 4.31. The lowest BCUT2D eigenvalue weighted by Crippen LogP contribution is -2.51. The first-order chi connectivity index (χ1) is 11.0. The molecule has 124 valence electrons. The summed E-state index contributed by atoms with van der Waals surface area (Å²) in [4.78, 5) is 25.5. The van der Waals surface area contributed by atoms with E-state index in [2.05, 4.69) is 16.2 Å². The second-order valence-corrected chi connectivity index (χ2v) is 5.85. The molecule has 2 fully saturated rings. The summed E-state index contributed by atoms with van der Waals surface area (Å²) in [5, 5.41) is 2.76. The molecule has 3 amide bonds. The summed E-state index contributed by atoms with van der Waals surface area (Å²) in [5.41, 5.74) is 5.55. The van der Waals surface area contributed by atoms with E-state index in [1.54, 1.807) is 0 Å². The molecule has 2 atom stereocenters. The first-order valence-electron chi connectivity index (χ1n) is 7.55. The number of benzene rings is 1. The van der Waals surface area contributed by atoms with E-state index in [1.165, 1.54) is 29.2 Å². The smallest absolute Gasteiger partial charge is 0.318 e. The zero-order valence-corrected chi connectivity index (χ0v) is 12.4. The first kappa shape index (κ1) is 15.5. The van der Waals surface area contributed by atoms with Gasteiger partial charge in [-0.2, -0.15) is 0 Å². The Morgan fingerprint density at radius 2 is 1.87 bits per heavy atom. The Morgan fingerprint density at radius 3 is 2.52 bits per heavy atom. The number of amides is 3. The topological polar surface area (TPSA) is 73.5 Å². The maximum absolute atomic E-state index is 13.6. The lowest BCUT2D eigenvalue weighted by Gasteiger charge is -2.24. The molecule has 1 saturated carbocycles. The van der Waals surface area contributed by atoms with Gasteiger partial charge in [-0.05, 0) is 37.1 Å². The van der Waals surface area contributed by atoms with Crippen LogP contribution < -0.4 is 16.2 Å². The summed E-state index contributed by atoms with van der Waals surface area (Å²) in [7, 11) is 0. The maximum Gasteiger partial charge on any atom is 0.318 e. The Bertz CT molecular complexity index is 592. The maximum atomic E-state index is 13.6. The minimum absolute atomic E-state index is 0.0327. The molecule has 3 N–H and O–H groups in total. The molecule has 6 nitrogen and oxygen atoms in total. The highest BCUT2D eigenvalue weighted by molar-refractivity contribution is 5.88. The van der Waals surface area contributed by atoms with Crippen LogP contribution in [0.1, 0.15) is 19.3 Å². The predicted octanol–water partition coefficient (Wildman–Crippen LogP) is 1.55. The van der Waals surface area contributed by atoms with E-state index in [0.29, 0.717) is 5.69 Å². The third-order valence-electron chi connectivity index (χ3n) is 3.89. The molecular formula is C15H18F2N4O2. The van der Waals surface area contributed by atoms with Gasteiger partial charge in [0.05, 0.1) is 12.2 Å². The molecule has 1 saturated heterocycles. The monoisotopic (exact) mass is 324 g/mol. The SMILES string of the molecule is O=C(NNc1ccc(F)cc1)C1CC(F)CN1C(=O)NC1CC1. The van der Waals surface area contributed by atoms with Crippen LogP contribution in [0.4, 0.5) is 19.3 Å². The largest absolute Gasteiger partial charge is 0.335 e. The zero-order valence-electron chi connectivity index (χ0n) is 12.4. The summed E-state index contributed by atoms with van der Waals surface area (Å²) in [6, 6.07) is 4.28. The van der Waals surface area contributed by atoms with Crippen LogP contribution >= 0.6 is 0 Å². The number of anilines is 1. The van der Waals surface area contributed by atoms with Gasteiger partial charge in [-0.1, -0.05) is 0 Å². The number of hydrogen-bond donors (Lipinski definition) is 3. The Hall–Kier alpha value is -2.38. The van der Waals surface area contributed by atoms with Crippen LogP contribution in [0.5, 0.6) is 0 Å². The molecule has 1 aromatic carbocycles. The van der Waals surface area contributed by atoms with Gasteiger partial charge < -0.3 is 10.2 Å². The molecule has 1 aromatic rings. The first-order valence-corrected chi connectivity index (χ1v) is 7.55. The van der Waals surface area contributed by atoms with E-state index in [-0.39, 0.29) is 24.8 Å². The molecule has 3 rings (SSSR count). The number of urea groups is 1. The third kappa shape index (κ3) is 3.88. The molecule has 1 aliphatic carbocycles.